The average Bonchev–Trinajstić information content (AvgIpc) is 0. The summed E-state index contributed by atoms with van der Waals surface area (Å²) < 4.78 is 0. The molecule has 0 saturated carbocycles. The van der Waals surface area contributed by atoms with E-state index >= 15 is 0 Å². The van der Waals surface area contributed by atoms with Crippen molar-refractivity contribution in [3.63, 3.8) is 0 Å². The Hall–Kier alpha value is 3.58. The van der Waals surface area contributed by atoms with Gasteiger partial charge in [0.2, 0.25) is 0 Å². The molecule has 0 aliphatic rings. The first-order chi connectivity index (χ1) is 0. The maximum absolute atomic E-state index is 0. The maximum atomic E-state index is 0. The van der Waals surface area contributed by atoms with Gasteiger partial charge in [0.15, 0.2) is 0 Å². The summed E-state index contributed by atoms with van der Waals surface area (Å²) >= 11 is 0. The minimum Gasteiger partial charge on any atom is -1.00 e. The first-order valence-electron chi connectivity index (χ1n) is 0. The van der Waals surface area contributed by atoms with Crippen LogP contribution in [0.5, 0.6) is 0 Å². The summed E-state index contributed by atoms with van der Waals surface area (Å²) in [6, 6.07) is 0. The Morgan fingerprint density at radius 1 is 1.25 bits per heavy atom. The van der Waals surface area contributed by atoms with Crippen molar-refractivity contribution in [3.05, 3.63) is 0 Å². The van der Waals surface area contributed by atoms with Crippen LogP contribution in [-0.2, 0) is 0 Å². The molecule has 0 bridgehead atoms. The van der Waals surface area contributed by atoms with Gasteiger partial charge < -0.3 is 5.71 Å². The maximum Gasteiger partial charge on any atom is 2.00 e. The zero-order valence-electron chi connectivity index (χ0n) is 7.41. The van der Waals surface area contributed by atoms with Gasteiger partial charge >= 0.3 is 86.6 Å². The predicted octanol–water partition coefficient (Wildman–Crippen LogP) is -2.41. The molecule has 0 spiro atoms. The Morgan fingerprint density at radius 2 is 1.25 bits per heavy atom. The minimum atomic E-state index is 0. The van der Waals surface area contributed by atoms with Crippen LogP contribution in [0.15, 0.2) is 0 Å². The Bertz CT molecular complexity index is 16.0. The summed E-state index contributed by atoms with van der Waals surface area (Å²) in [5.41, 5.74) is 0. The standard InChI is InChI=1S/Al.Ba.Ca.H3Si.6H/h;;;1H3;;;;;;/q;2*+2;;;;4*-1. The summed E-state index contributed by atoms with van der Waals surface area (Å²) in [5, 5.41) is 0. The predicted molar refractivity (Wildman–Crippen MR) is 34.4 cm³/mol. The monoisotopic (exact) mass is 242 g/mol. The van der Waals surface area contributed by atoms with Crippen LogP contribution in [0.25, 0.3) is 0 Å². The van der Waals surface area contributed by atoms with Crippen molar-refractivity contribution in [2.24, 2.45) is 0 Å². The van der Waals surface area contributed by atoms with E-state index in [1.165, 1.54) is 0 Å². The molecule has 20 valence electrons. The van der Waals surface area contributed by atoms with Crippen LogP contribution in [0.1, 0.15) is 5.71 Å². The van der Waals surface area contributed by atoms with Crippen LogP contribution < -0.4 is 0 Å². The molecule has 0 amide bonds. The van der Waals surface area contributed by atoms with Gasteiger partial charge in [-0.3, -0.25) is 0 Å². The van der Waals surface area contributed by atoms with E-state index < -0.39 is 0 Å². The van der Waals surface area contributed by atoms with E-state index in [4.69, 9.17) is 0 Å². The van der Waals surface area contributed by atoms with Crippen molar-refractivity contribution < 1.29 is 5.71 Å². The molecular weight excluding hydrogens is 232 g/mol. The minimum absolute atomic E-state index is 0. The van der Waals surface area contributed by atoms with Crippen LogP contribution in [0.3, 0.4) is 0 Å². The smallest absolute Gasteiger partial charge is 1.00 e. The number of hydrogen-bond acceptors (Lipinski definition) is 0. The largest absolute Gasteiger partial charge is 2.00 e. The second kappa shape index (κ2) is 16.0. The quantitative estimate of drug-likeness (QED) is 0.415. The van der Waals surface area contributed by atoms with Crippen molar-refractivity contribution in [2.75, 3.05) is 0 Å². The fourth-order valence-electron chi connectivity index (χ4n) is 0. The molecule has 4 heavy (non-hydrogen) atoms. The Kier molecular flexibility index (Phi) is 102. The van der Waals surface area contributed by atoms with Crippen molar-refractivity contribution in [1.82, 2.24) is 0 Å². The summed E-state index contributed by atoms with van der Waals surface area (Å²) in [6.07, 6.45) is 0. The molecular formula is H9AlBaCaSi. The molecule has 0 aromatic carbocycles. The average molecular weight is 242 g/mol. The van der Waals surface area contributed by atoms with Gasteiger partial charge in [-0.25, -0.2) is 0 Å². The SMILES string of the molecule is [AlH2].[Ba+2].[Ca+2].[H-].[H-].[H-].[H-].[SiH3]. The molecule has 2 radical (unpaired) electrons. The van der Waals surface area contributed by atoms with Crippen molar-refractivity contribution in [3.8, 4) is 0 Å². The van der Waals surface area contributed by atoms with Crippen LogP contribution in [0, 0.1) is 0 Å². The molecule has 0 fully saturated rings. The third-order valence-electron chi connectivity index (χ3n) is 0. The van der Waals surface area contributed by atoms with Crippen molar-refractivity contribution >= 4 is 115 Å². The van der Waals surface area contributed by atoms with Crippen molar-refractivity contribution in [2.45, 2.75) is 0 Å². The van der Waals surface area contributed by atoms with E-state index in [-0.39, 0.29) is 121 Å². The van der Waals surface area contributed by atoms with Gasteiger partial charge in [0.25, 0.3) is 0 Å². The van der Waals surface area contributed by atoms with Gasteiger partial charge in [0.1, 0.15) is 17.4 Å². The molecule has 0 heterocycles. The molecule has 0 rings (SSSR count). The fourth-order valence-corrected chi connectivity index (χ4v) is 0. The summed E-state index contributed by atoms with van der Waals surface area (Å²) in [4.78, 5) is 0. The fraction of sp³-hybridized carbons (Fsp3) is 0. The van der Waals surface area contributed by atoms with Crippen molar-refractivity contribution in [1.29, 1.82) is 0 Å². The van der Waals surface area contributed by atoms with Crippen LogP contribution >= 0.6 is 0 Å². The third-order valence-corrected chi connectivity index (χ3v) is 0. The van der Waals surface area contributed by atoms with E-state index in [0.29, 0.717) is 0 Å². The molecule has 4 heteroatoms. The summed E-state index contributed by atoms with van der Waals surface area (Å²) in [6.45, 7) is 0. The topological polar surface area (TPSA) is 0 Å². The second-order valence-corrected chi connectivity index (χ2v) is 0. The van der Waals surface area contributed by atoms with Gasteiger partial charge in [-0.05, 0) is 11.0 Å². The number of rotatable bonds is 0. The van der Waals surface area contributed by atoms with E-state index in [1.54, 1.807) is 0 Å². The molecule has 0 N–H and O–H groups in total. The molecule has 0 aromatic heterocycles. The first-order valence-corrected chi connectivity index (χ1v) is 0. The van der Waals surface area contributed by atoms with Crippen LogP contribution in [0.4, 0.5) is 0 Å². The summed E-state index contributed by atoms with van der Waals surface area (Å²) in [5.74, 6) is 0. The van der Waals surface area contributed by atoms with E-state index in [2.05, 4.69) is 0 Å². The molecule has 0 saturated heterocycles. The number of hydrogen-bond donors (Lipinski definition) is 0. The zero-order valence-corrected chi connectivity index (χ0v) is 14.1. The summed E-state index contributed by atoms with van der Waals surface area (Å²) in [7, 11) is 0. The first kappa shape index (κ1) is 25.6. The van der Waals surface area contributed by atoms with E-state index in [9.17, 15) is 0 Å². The Balaban J connectivity index is 0. The van der Waals surface area contributed by atoms with E-state index in [1.807, 2.05) is 0 Å². The van der Waals surface area contributed by atoms with Gasteiger partial charge in [0, 0.05) is 0 Å². The molecule has 0 unspecified atom stereocenters. The Morgan fingerprint density at radius 3 is 1.25 bits per heavy atom. The molecule has 0 aliphatic carbocycles. The normalized spacial score (nSPS) is 0. The third kappa shape index (κ3) is 9.13. The van der Waals surface area contributed by atoms with Gasteiger partial charge in [-0.15, -0.1) is 0 Å². The molecule has 0 nitrogen and oxygen atoms in total. The zero-order chi connectivity index (χ0) is 0. The van der Waals surface area contributed by atoms with Crippen LogP contribution in [0.2, 0.25) is 0 Å². The molecule has 0 aromatic rings. The van der Waals surface area contributed by atoms with Gasteiger partial charge in [0.05, 0.1) is 0 Å². The van der Waals surface area contributed by atoms with Crippen LogP contribution in [-0.4, -0.2) is 115 Å². The molecule has 0 aliphatic heterocycles. The second-order valence-electron chi connectivity index (χ2n) is 0. The molecule has 0 atom stereocenters. The van der Waals surface area contributed by atoms with E-state index in [0.717, 1.165) is 0 Å². The van der Waals surface area contributed by atoms with Gasteiger partial charge in [-0.2, -0.15) is 0 Å². The Labute approximate surface area is 118 Å². The van der Waals surface area contributed by atoms with Gasteiger partial charge in [-0.1, -0.05) is 0 Å².